The van der Waals surface area contributed by atoms with Crippen LogP contribution in [-0.2, 0) is 18.3 Å². The van der Waals surface area contributed by atoms with E-state index in [0.29, 0.717) is 18.7 Å². The molecule has 0 amide bonds. The van der Waals surface area contributed by atoms with Gasteiger partial charge in [-0.15, -0.1) is 0 Å². The molecule has 0 bridgehead atoms. The second-order valence-corrected chi connectivity index (χ2v) is 29.0. The smallest absolute Gasteiger partial charge is 0.143 e. The Morgan fingerprint density at radius 1 is 0.246 bits per heavy atom. The molecule has 1 aliphatic carbocycles. The summed E-state index contributed by atoms with van der Waals surface area (Å²) in [4.78, 5) is 0. The molecule has 0 saturated heterocycles. The van der Waals surface area contributed by atoms with Crippen molar-refractivity contribution in [3.8, 4) is 0 Å². The fourth-order valence-electron chi connectivity index (χ4n) is 10.5. The fraction of sp³-hybridized carbons (Fsp3) is 0.158. The number of hydrogen-bond donors (Lipinski definition) is 0. The zero-order valence-electron chi connectivity index (χ0n) is 36.4. The lowest BCUT2D eigenvalue weighted by Crippen LogP contribution is -2.35. The van der Waals surface area contributed by atoms with Crippen LogP contribution in [0.4, 0.5) is 0 Å². The Bertz CT molecular complexity index is 2600. The van der Waals surface area contributed by atoms with Gasteiger partial charge in [-0.25, -0.2) is 0 Å². The predicted molar refractivity (Wildman–Crippen MR) is 277 cm³/mol. The first kappa shape index (κ1) is 44.9. The zero-order chi connectivity index (χ0) is 44.7. The maximum atomic E-state index is 16.5. The first-order valence-electron chi connectivity index (χ1n) is 22.5. The lowest BCUT2D eigenvalue weighted by atomic mass is 9.91. The van der Waals surface area contributed by atoms with Crippen molar-refractivity contribution >= 4 is 71.0 Å². The minimum Gasteiger partial charge on any atom is -0.314 e. The van der Waals surface area contributed by atoms with Gasteiger partial charge < -0.3 is 18.3 Å². The first-order valence-corrected chi connectivity index (χ1v) is 30.1. The van der Waals surface area contributed by atoms with Gasteiger partial charge in [0.25, 0.3) is 0 Å². The van der Waals surface area contributed by atoms with Gasteiger partial charge in [0.15, 0.2) is 0 Å². The van der Waals surface area contributed by atoms with Crippen molar-refractivity contribution in [2.45, 2.75) is 6.42 Å². The maximum Gasteiger partial charge on any atom is 0.143 e. The Labute approximate surface area is 384 Å². The van der Waals surface area contributed by atoms with E-state index in [1.54, 1.807) is 0 Å². The quantitative estimate of drug-likeness (QED) is 0.0906. The summed E-state index contributed by atoms with van der Waals surface area (Å²) in [6, 6.07) is 78.4. The van der Waals surface area contributed by atoms with Crippen molar-refractivity contribution in [1.82, 2.24) is 0 Å². The number of hydrogen-bond acceptors (Lipinski definition) is 4. The Morgan fingerprint density at radius 3 is 0.569 bits per heavy atom. The summed E-state index contributed by atoms with van der Waals surface area (Å²) in [5.41, 5.74) is 0. The number of rotatable bonds is 16. The molecule has 0 aliphatic heterocycles. The lowest BCUT2D eigenvalue weighted by Gasteiger charge is -2.35. The molecule has 326 valence electrons. The summed E-state index contributed by atoms with van der Waals surface area (Å²) in [7, 11) is -13.5. The summed E-state index contributed by atoms with van der Waals surface area (Å²) in [5, 5.41) is 6.14. The van der Waals surface area contributed by atoms with Gasteiger partial charge in [-0.05, 0) is 30.1 Å². The molecule has 4 nitrogen and oxygen atoms in total. The highest BCUT2D eigenvalue weighted by molar-refractivity contribution is 7.80. The van der Waals surface area contributed by atoms with Crippen LogP contribution < -0.4 is 42.4 Å². The Morgan fingerprint density at radius 2 is 0.400 bits per heavy atom. The molecule has 8 heteroatoms. The van der Waals surface area contributed by atoms with Gasteiger partial charge in [0, 0.05) is 67.1 Å². The van der Waals surface area contributed by atoms with E-state index in [1.807, 2.05) is 243 Å². The highest BCUT2D eigenvalue weighted by Crippen LogP contribution is 2.62. The molecule has 9 rings (SSSR count). The van der Waals surface area contributed by atoms with E-state index in [1.165, 1.54) is 0 Å². The van der Waals surface area contributed by atoms with Gasteiger partial charge >= 0.3 is 0 Å². The molecule has 0 spiro atoms. The standard InChI is InChI=1S/C57H54O4P4/c58-62(48-25-9-1-10-26-48,49-27-11-2-12-28-49)42-46-41-47(43-63(59,50-29-13-3-14-30-50)51-31-15-4-16-32-51)57(45-65(61,54-37-21-7-22-38-54)55-39-23-8-24-40-55)56(46)44-64(60,52-33-17-5-18-34-52)53-35-19-6-20-36-53/h1-40,46-47,56-57H,41-45H2/t46-,47+,56+,57-. The Balaban J connectivity index is 1.28. The molecule has 0 unspecified atom stereocenters. The van der Waals surface area contributed by atoms with E-state index >= 15 is 18.3 Å². The van der Waals surface area contributed by atoms with Gasteiger partial charge in [-0.1, -0.05) is 243 Å². The summed E-state index contributed by atoms with van der Waals surface area (Å²) in [5.74, 6) is -1.13. The molecule has 8 aromatic carbocycles. The molecule has 0 radical (unpaired) electrons. The summed E-state index contributed by atoms with van der Waals surface area (Å²) < 4.78 is 65.7. The normalized spacial score (nSPS) is 18.0. The van der Waals surface area contributed by atoms with Crippen molar-refractivity contribution in [1.29, 1.82) is 0 Å². The van der Waals surface area contributed by atoms with Gasteiger partial charge in [-0.3, -0.25) is 0 Å². The summed E-state index contributed by atoms with van der Waals surface area (Å²) >= 11 is 0. The van der Waals surface area contributed by atoms with Crippen molar-refractivity contribution in [3.05, 3.63) is 243 Å². The van der Waals surface area contributed by atoms with Crippen LogP contribution in [0.25, 0.3) is 0 Å². The topological polar surface area (TPSA) is 68.3 Å². The molecule has 4 atom stereocenters. The molecule has 1 saturated carbocycles. The third-order valence-corrected chi connectivity index (χ3v) is 26.6. The SMILES string of the molecule is O=P(C[C@@H]1C[C@H](CP(=O)(c2ccccc2)c2ccccc2)[C@H](CP(=O)(c2ccccc2)c2ccccc2)[C@@H]1CP(=O)(c1ccccc1)c1ccccc1)(c1ccccc1)c1ccccc1. The van der Waals surface area contributed by atoms with Crippen molar-refractivity contribution < 1.29 is 18.3 Å². The van der Waals surface area contributed by atoms with E-state index in [2.05, 4.69) is 0 Å². The third kappa shape index (κ3) is 9.26. The fourth-order valence-corrected chi connectivity index (χ4v) is 23.1. The molecule has 1 aliphatic rings. The minimum absolute atomic E-state index is 0.239. The second-order valence-electron chi connectivity index (χ2n) is 17.5. The van der Waals surface area contributed by atoms with Gasteiger partial charge in [0.05, 0.1) is 0 Å². The van der Waals surface area contributed by atoms with E-state index in [4.69, 9.17) is 0 Å². The van der Waals surface area contributed by atoms with Crippen LogP contribution in [0.2, 0.25) is 0 Å². The van der Waals surface area contributed by atoms with Crippen LogP contribution >= 0.6 is 28.6 Å². The van der Waals surface area contributed by atoms with E-state index in [9.17, 15) is 0 Å². The minimum atomic E-state index is -3.41. The van der Waals surface area contributed by atoms with Crippen LogP contribution in [-0.4, -0.2) is 24.6 Å². The van der Waals surface area contributed by atoms with E-state index < -0.39 is 28.6 Å². The van der Waals surface area contributed by atoms with Crippen molar-refractivity contribution in [2.24, 2.45) is 23.7 Å². The molecule has 0 aromatic heterocycles. The predicted octanol–water partition coefficient (Wildman–Crippen LogP) is 10.9. The highest BCUT2D eigenvalue weighted by atomic mass is 31.2. The van der Waals surface area contributed by atoms with Crippen LogP contribution in [0.3, 0.4) is 0 Å². The van der Waals surface area contributed by atoms with Crippen molar-refractivity contribution in [2.75, 3.05) is 24.6 Å². The molecule has 0 N–H and O–H groups in total. The molecule has 65 heavy (non-hydrogen) atoms. The van der Waals surface area contributed by atoms with Gasteiger partial charge in [0.1, 0.15) is 28.6 Å². The third-order valence-electron chi connectivity index (χ3n) is 13.7. The summed E-state index contributed by atoms with van der Waals surface area (Å²) in [6.45, 7) is 0. The van der Waals surface area contributed by atoms with Gasteiger partial charge in [0.2, 0.25) is 0 Å². The van der Waals surface area contributed by atoms with Crippen LogP contribution in [0.15, 0.2) is 243 Å². The first-order chi connectivity index (χ1) is 31.7. The average Bonchev–Trinajstić information content (AvgIpc) is 3.67. The second kappa shape index (κ2) is 19.6. The van der Waals surface area contributed by atoms with E-state index in [-0.39, 0.29) is 36.0 Å². The van der Waals surface area contributed by atoms with Crippen LogP contribution in [0.5, 0.6) is 0 Å². The Kier molecular flexibility index (Phi) is 13.6. The lowest BCUT2D eigenvalue weighted by molar-refractivity contribution is 0.356. The highest BCUT2D eigenvalue weighted by Gasteiger charge is 2.52. The molecular weight excluding hydrogens is 873 g/mol. The Hall–Kier alpha value is -5.32. The number of benzene rings is 8. The molecule has 0 heterocycles. The average molecular weight is 927 g/mol. The maximum absolute atomic E-state index is 16.5. The van der Waals surface area contributed by atoms with E-state index in [0.717, 1.165) is 42.4 Å². The van der Waals surface area contributed by atoms with Crippen LogP contribution in [0, 0.1) is 23.7 Å². The van der Waals surface area contributed by atoms with Crippen molar-refractivity contribution in [3.63, 3.8) is 0 Å². The zero-order valence-corrected chi connectivity index (χ0v) is 39.9. The molecule has 8 aromatic rings. The molecule has 1 fully saturated rings. The van der Waals surface area contributed by atoms with Gasteiger partial charge in [-0.2, -0.15) is 0 Å². The molecular formula is C57H54O4P4. The largest absolute Gasteiger partial charge is 0.314 e. The monoisotopic (exact) mass is 926 g/mol. The summed E-state index contributed by atoms with van der Waals surface area (Å²) in [6.07, 6.45) is 1.78. The van der Waals surface area contributed by atoms with Crippen LogP contribution in [0.1, 0.15) is 6.42 Å².